The third-order valence-corrected chi connectivity index (χ3v) is 1.88. The van der Waals surface area contributed by atoms with Crippen molar-refractivity contribution in [3.63, 3.8) is 0 Å². The van der Waals surface area contributed by atoms with Gasteiger partial charge in [0, 0.05) is 6.42 Å². The van der Waals surface area contributed by atoms with E-state index in [-0.39, 0.29) is 19.6 Å². The molecule has 0 aliphatic carbocycles. The number of carbonyl (C=O) groups excluding carboxylic acids is 1. The summed E-state index contributed by atoms with van der Waals surface area (Å²) in [4.78, 5) is 18.5. The zero-order valence-corrected chi connectivity index (χ0v) is 7.12. The molecule has 0 saturated carbocycles. The molecule has 1 unspecified atom stereocenters. The number of phosphoric ester groups is 1. The summed E-state index contributed by atoms with van der Waals surface area (Å²) < 4.78 is 19.4. The molecular formula is C5H11O5P. The maximum atomic E-state index is 10.7. The summed E-state index contributed by atoms with van der Waals surface area (Å²) in [7, 11) is -3.88. The van der Waals surface area contributed by atoms with E-state index in [0.717, 1.165) is 0 Å². The van der Waals surface area contributed by atoms with Crippen LogP contribution in [0.3, 0.4) is 0 Å². The average Bonchev–Trinajstić information content (AvgIpc) is 1.87. The van der Waals surface area contributed by atoms with Gasteiger partial charge in [0.1, 0.15) is 6.29 Å². The van der Waals surface area contributed by atoms with Gasteiger partial charge in [0.25, 0.3) is 0 Å². The Morgan fingerprint density at radius 2 is 2.18 bits per heavy atom. The second-order valence-electron chi connectivity index (χ2n) is 1.67. The maximum absolute atomic E-state index is 10.7. The molecule has 11 heavy (non-hydrogen) atoms. The van der Waals surface area contributed by atoms with Gasteiger partial charge in [-0.3, -0.25) is 9.05 Å². The number of hydrogen-bond acceptors (Lipinski definition) is 4. The minimum Gasteiger partial charge on any atom is -0.303 e. The van der Waals surface area contributed by atoms with Crippen LogP contribution in [0.5, 0.6) is 0 Å². The molecule has 0 aliphatic rings. The van der Waals surface area contributed by atoms with Crippen molar-refractivity contribution in [2.45, 2.75) is 13.3 Å². The molecule has 0 fully saturated rings. The normalized spacial score (nSPS) is 15.8. The summed E-state index contributed by atoms with van der Waals surface area (Å²) in [6.07, 6.45) is 0.698. The van der Waals surface area contributed by atoms with Crippen molar-refractivity contribution in [3.8, 4) is 0 Å². The Balaban J connectivity index is 3.54. The van der Waals surface area contributed by atoms with Gasteiger partial charge in [0.05, 0.1) is 13.2 Å². The quantitative estimate of drug-likeness (QED) is 0.372. The van der Waals surface area contributed by atoms with Gasteiger partial charge in [-0.25, -0.2) is 4.57 Å². The van der Waals surface area contributed by atoms with Gasteiger partial charge in [-0.05, 0) is 6.92 Å². The van der Waals surface area contributed by atoms with E-state index in [4.69, 9.17) is 4.89 Å². The fraction of sp³-hybridized carbons (Fsp3) is 0.800. The van der Waals surface area contributed by atoms with Crippen LogP contribution in [-0.4, -0.2) is 24.4 Å². The first kappa shape index (κ1) is 10.8. The van der Waals surface area contributed by atoms with E-state index in [1.165, 1.54) is 0 Å². The van der Waals surface area contributed by atoms with Crippen LogP contribution in [0.1, 0.15) is 13.3 Å². The van der Waals surface area contributed by atoms with Gasteiger partial charge in [0.15, 0.2) is 0 Å². The van der Waals surface area contributed by atoms with Crippen LogP contribution in [0.15, 0.2) is 0 Å². The fourth-order valence-electron chi connectivity index (χ4n) is 0.417. The number of phosphoric acid groups is 1. The van der Waals surface area contributed by atoms with Gasteiger partial charge >= 0.3 is 7.82 Å². The lowest BCUT2D eigenvalue weighted by molar-refractivity contribution is -0.108. The van der Waals surface area contributed by atoms with E-state index in [0.29, 0.717) is 6.29 Å². The van der Waals surface area contributed by atoms with Gasteiger partial charge < -0.3 is 9.69 Å². The number of rotatable bonds is 6. The number of hydrogen-bond donors (Lipinski definition) is 1. The topological polar surface area (TPSA) is 72.8 Å². The molecule has 5 nitrogen and oxygen atoms in total. The smallest absolute Gasteiger partial charge is 0.303 e. The molecule has 0 aromatic carbocycles. The number of aldehydes is 1. The molecule has 1 atom stereocenters. The molecule has 0 rings (SSSR count). The van der Waals surface area contributed by atoms with Crippen molar-refractivity contribution in [3.05, 3.63) is 0 Å². The Morgan fingerprint density at radius 3 is 2.64 bits per heavy atom. The lowest BCUT2D eigenvalue weighted by Crippen LogP contribution is -1.96. The Kier molecular flexibility index (Phi) is 5.32. The molecule has 0 aliphatic heterocycles. The Hall–Kier alpha value is -0.220. The molecule has 0 bridgehead atoms. The first-order valence-corrected chi connectivity index (χ1v) is 4.67. The van der Waals surface area contributed by atoms with Crippen molar-refractivity contribution in [1.82, 2.24) is 0 Å². The predicted octanol–water partition coefficient (Wildman–Crippen LogP) is 0.729. The van der Waals surface area contributed by atoms with Crippen LogP contribution in [0, 0.1) is 0 Å². The minimum absolute atomic E-state index is 0.0860. The van der Waals surface area contributed by atoms with E-state index >= 15 is 0 Å². The molecule has 0 aromatic heterocycles. The third kappa shape index (κ3) is 6.19. The standard InChI is InChI=1S/C5H11O5P/c1-2-9-11(7,8)10-5-3-4-6/h4H,2-3,5H2,1H3,(H,7,8). The molecule has 6 heteroatoms. The Bertz CT molecular complexity index is 157. The summed E-state index contributed by atoms with van der Waals surface area (Å²) >= 11 is 0. The van der Waals surface area contributed by atoms with Crippen LogP contribution in [0.4, 0.5) is 0 Å². The summed E-state index contributed by atoms with van der Waals surface area (Å²) in [5.41, 5.74) is 0. The van der Waals surface area contributed by atoms with Crippen molar-refractivity contribution in [2.75, 3.05) is 13.2 Å². The van der Waals surface area contributed by atoms with Crippen molar-refractivity contribution < 1.29 is 23.3 Å². The van der Waals surface area contributed by atoms with E-state index in [2.05, 4.69) is 9.05 Å². The van der Waals surface area contributed by atoms with Gasteiger partial charge in [-0.1, -0.05) is 0 Å². The molecular weight excluding hydrogens is 171 g/mol. The lowest BCUT2D eigenvalue weighted by Gasteiger charge is -2.08. The molecule has 0 heterocycles. The first-order chi connectivity index (χ1) is 5.12. The highest BCUT2D eigenvalue weighted by atomic mass is 31.2. The molecule has 0 saturated heterocycles. The Labute approximate surface area is 64.9 Å². The summed E-state index contributed by atoms with van der Waals surface area (Å²) in [6, 6.07) is 0. The molecule has 1 N–H and O–H groups in total. The largest absolute Gasteiger partial charge is 0.472 e. The average molecular weight is 182 g/mol. The monoisotopic (exact) mass is 182 g/mol. The molecule has 0 radical (unpaired) electrons. The van der Waals surface area contributed by atoms with Crippen LogP contribution < -0.4 is 0 Å². The van der Waals surface area contributed by atoms with Crippen LogP contribution in [-0.2, 0) is 18.4 Å². The predicted molar refractivity (Wildman–Crippen MR) is 38.1 cm³/mol. The highest BCUT2D eigenvalue weighted by Crippen LogP contribution is 2.42. The van der Waals surface area contributed by atoms with Crippen molar-refractivity contribution >= 4 is 14.1 Å². The zero-order valence-electron chi connectivity index (χ0n) is 6.23. The highest BCUT2D eigenvalue weighted by molar-refractivity contribution is 7.47. The van der Waals surface area contributed by atoms with Crippen LogP contribution >= 0.6 is 7.82 Å². The van der Waals surface area contributed by atoms with Crippen molar-refractivity contribution in [2.24, 2.45) is 0 Å². The lowest BCUT2D eigenvalue weighted by atomic mass is 10.5. The van der Waals surface area contributed by atoms with Crippen LogP contribution in [0.25, 0.3) is 0 Å². The van der Waals surface area contributed by atoms with Gasteiger partial charge in [-0.15, -0.1) is 0 Å². The number of carbonyl (C=O) groups is 1. The minimum atomic E-state index is -3.88. The molecule has 0 amide bonds. The van der Waals surface area contributed by atoms with Gasteiger partial charge in [-0.2, -0.15) is 0 Å². The zero-order chi connectivity index (χ0) is 8.74. The summed E-state index contributed by atoms with van der Waals surface area (Å²) in [5, 5.41) is 0. The maximum Gasteiger partial charge on any atom is 0.472 e. The summed E-state index contributed by atoms with van der Waals surface area (Å²) in [5.74, 6) is 0. The first-order valence-electron chi connectivity index (χ1n) is 3.18. The van der Waals surface area contributed by atoms with E-state index in [1.54, 1.807) is 6.92 Å². The van der Waals surface area contributed by atoms with Crippen molar-refractivity contribution in [1.29, 1.82) is 0 Å². The van der Waals surface area contributed by atoms with E-state index in [1.807, 2.05) is 0 Å². The fourth-order valence-corrected chi connectivity index (χ4v) is 1.15. The van der Waals surface area contributed by atoms with Gasteiger partial charge in [0.2, 0.25) is 0 Å². The highest BCUT2D eigenvalue weighted by Gasteiger charge is 2.18. The SMILES string of the molecule is CCOP(=O)(O)OCCC=O. The second-order valence-corrected chi connectivity index (χ2v) is 3.13. The third-order valence-electron chi connectivity index (χ3n) is 0.782. The van der Waals surface area contributed by atoms with E-state index < -0.39 is 7.82 Å². The summed E-state index contributed by atoms with van der Waals surface area (Å²) in [6.45, 7) is 1.60. The van der Waals surface area contributed by atoms with Crippen LogP contribution in [0.2, 0.25) is 0 Å². The molecule has 0 aromatic rings. The molecule has 66 valence electrons. The Morgan fingerprint density at radius 1 is 1.55 bits per heavy atom. The second kappa shape index (κ2) is 5.43. The molecule has 0 spiro atoms. The van der Waals surface area contributed by atoms with E-state index in [9.17, 15) is 9.36 Å².